The summed E-state index contributed by atoms with van der Waals surface area (Å²) in [5.41, 5.74) is 10.5. The fourth-order valence-electron chi connectivity index (χ4n) is 3.42. The summed E-state index contributed by atoms with van der Waals surface area (Å²) in [5.74, 6) is 1.00. The van der Waals surface area contributed by atoms with Gasteiger partial charge in [0.2, 0.25) is 5.95 Å². The maximum atomic E-state index is 11.9. The molecule has 0 amide bonds. The lowest BCUT2D eigenvalue weighted by atomic mass is 10.00. The van der Waals surface area contributed by atoms with Gasteiger partial charge in [-0.1, -0.05) is 54.6 Å². The maximum absolute atomic E-state index is 11.9. The molecule has 1 heterocycles. The zero-order valence-electron chi connectivity index (χ0n) is 14.2. The molecule has 1 saturated carbocycles. The van der Waals surface area contributed by atoms with Gasteiger partial charge in [0.05, 0.1) is 5.69 Å². The van der Waals surface area contributed by atoms with Crippen LogP contribution in [0, 0.1) is 0 Å². The topological polar surface area (TPSA) is 60.9 Å². The van der Waals surface area contributed by atoms with Gasteiger partial charge in [-0.15, -0.1) is 0 Å². The molecule has 0 saturated heterocycles. The zero-order chi connectivity index (χ0) is 17.4. The first-order chi connectivity index (χ1) is 12.1. The number of nitrogens with zero attached hydrogens (tertiary/aromatic N) is 2. The Morgan fingerprint density at radius 1 is 1.04 bits per heavy atom. The second-order valence-electron chi connectivity index (χ2n) is 6.79. The van der Waals surface area contributed by atoms with Crippen LogP contribution in [0.15, 0.2) is 65.5 Å². The summed E-state index contributed by atoms with van der Waals surface area (Å²) in [6.45, 7) is 0. The van der Waals surface area contributed by atoms with Gasteiger partial charge in [0.1, 0.15) is 0 Å². The largest absolute Gasteiger partial charge is 0.369 e. The Morgan fingerprint density at radius 3 is 2.56 bits per heavy atom. The Bertz CT molecular complexity index is 962. The number of hydrogen-bond acceptors (Lipinski definition) is 3. The Morgan fingerprint density at radius 2 is 1.80 bits per heavy atom. The van der Waals surface area contributed by atoms with Gasteiger partial charge in [-0.2, -0.15) is 0 Å². The molecule has 2 aromatic carbocycles. The van der Waals surface area contributed by atoms with Crippen molar-refractivity contribution in [1.29, 1.82) is 0 Å². The second-order valence-corrected chi connectivity index (χ2v) is 6.79. The summed E-state index contributed by atoms with van der Waals surface area (Å²) in [5, 5.41) is 0. The number of nitrogens with two attached hydrogens (primary N) is 1. The highest BCUT2D eigenvalue weighted by Gasteiger charge is 2.41. The summed E-state index contributed by atoms with van der Waals surface area (Å²) in [6.07, 6.45) is 1.96. The van der Waals surface area contributed by atoms with Crippen LogP contribution in [0.3, 0.4) is 0 Å². The van der Waals surface area contributed by atoms with Crippen LogP contribution >= 0.6 is 0 Å². The smallest absolute Gasteiger partial charge is 0.254 e. The molecule has 1 aliphatic carbocycles. The lowest BCUT2D eigenvalue weighted by molar-refractivity contribution is 0.813. The molecule has 0 unspecified atom stereocenters. The molecule has 0 aliphatic heterocycles. The zero-order valence-corrected chi connectivity index (χ0v) is 14.2. The number of anilines is 1. The third-order valence-corrected chi connectivity index (χ3v) is 4.99. The van der Waals surface area contributed by atoms with E-state index in [-0.39, 0.29) is 11.5 Å². The molecule has 0 radical (unpaired) electrons. The van der Waals surface area contributed by atoms with E-state index in [0.29, 0.717) is 11.8 Å². The van der Waals surface area contributed by atoms with Crippen LogP contribution in [0.1, 0.15) is 40.6 Å². The number of rotatable bonds is 4. The van der Waals surface area contributed by atoms with Gasteiger partial charge in [-0.3, -0.25) is 9.36 Å². The average molecular weight is 331 g/mol. The summed E-state index contributed by atoms with van der Waals surface area (Å²) in [4.78, 5) is 16.3. The van der Waals surface area contributed by atoms with Crippen molar-refractivity contribution in [3.05, 3.63) is 93.4 Å². The Balaban J connectivity index is 1.54. The molecule has 2 N–H and O–H groups in total. The van der Waals surface area contributed by atoms with Crippen LogP contribution in [0.25, 0.3) is 0 Å². The third-order valence-electron chi connectivity index (χ3n) is 4.99. The van der Waals surface area contributed by atoms with Crippen molar-refractivity contribution in [1.82, 2.24) is 9.55 Å². The van der Waals surface area contributed by atoms with E-state index >= 15 is 0 Å². The number of benzene rings is 2. The standard InChI is InChI=1S/C21H21N3O/c1-24-20(25)13-19(23-21(24)22)18-12-17(18)16-9-5-8-15(11-16)10-14-6-3-2-4-7-14/h2-9,11,13,17-18H,10,12H2,1H3,(H2,22,23)/t17-,18-/m0/s1. The predicted molar refractivity (Wildman–Crippen MR) is 99.7 cm³/mol. The molecule has 126 valence electrons. The molecule has 0 bridgehead atoms. The van der Waals surface area contributed by atoms with Crippen LogP contribution < -0.4 is 11.3 Å². The first-order valence-electron chi connectivity index (χ1n) is 8.58. The summed E-state index contributed by atoms with van der Waals surface area (Å²) in [7, 11) is 1.64. The minimum Gasteiger partial charge on any atom is -0.369 e. The molecule has 4 heteroatoms. The quantitative estimate of drug-likeness (QED) is 0.798. The van der Waals surface area contributed by atoms with Crippen LogP contribution in [0.5, 0.6) is 0 Å². The van der Waals surface area contributed by atoms with Crippen LogP contribution in [0.4, 0.5) is 5.95 Å². The molecule has 3 aromatic rings. The monoisotopic (exact) mass is 331 g/mol. The Labute approximate surface area is 147 Å². The molecular formula is C21H21N3O. The molecule has 1 fully saturated rings. The molecule has 1 aromatic heterocycles. The van der Waals surface area contributed by atoms with Crippen molar-refractivity contribution in [3.8, 4) is 0 Å². The lowest BCUT2D eigenvalue weighted by Gasteiger charge is -2.07. The number of nitrogen functional groups attached to an aromatic ring is 1. The van der Waals surface area contributed by atoms with Gasteiger partial charge in [0, 0.05) is 19.0 Å². The van der Waals surface area contributed by atoms with Gasteiger partial charge in [0.15, 0.2) is 0 Å². The van der Waals surface area contributed by atoms with E-state index in [1.165, 1.54) is 21.3 Å². The van der Waals surface area contributed by atoms with E-state index in [1.807, 2.05) is 6.07 Å². The average Bonchev–Trinajstić information content (AvgIpc) is 3.41. The van der Waals surface area contributed by atoms with Gasteiger partial charge in [0.25, 0.3) is 5.56 Å². The van der Waals surface area contributed by atoms with Crippen LogP contribution in [0.2, 0.25) is 0 Å². The summed E-state index contributed by atoms with van der Waals surface area (Å²) >= 11 is 0. The van der Waals surface area contributed by atoms with Gasteiger partial charge in [-0.25, -0.2) is 4.98 Å². The fraction of sp³-hybridized carbons (Fsp3) is 0.238. The minimum atomic E-state index is -0.0917. The van der Waals surface area contributed by atoms with Crippen molar-refractivity contribution in [2.45, 2.75) is 24.7 Å². The van der Waals surface area contributed by atoms with E-state index in [1.54, 1.807) is 13.1 Å². The van der Waals surface area contributed by atoms with Gasteiger partial charge in [-0.05, 0) is 35.4 Å². The SMILES string of the molecule is Cn1c(N)nc([C@H]2C[C@H]2c2cccc(Cc3ccccc3)c2)cc1=O. The molecule has 1 aliphatic rings. The highest BCUT2D eigenvalue weighted by atomic mass is 16.1. The van der Waals surface area contributed by atoms with Crippen LogP contribution in [-0.2, 0) is 13.5 Å². The van der Waals surface area contributed by atoms with Crippen molar-refractivity contribution < 1.29 is 0 Å². The molecule has 25 heavy (non-hydrogen) atoms. The van der Waals surface area contributed by atoms with Gasteiger partial charge < -0.3 is 5.73 Å². The molecule has 4 nitrogen and oxygen atoms in total. The second kappa shape index (κ2) is 6.20. The maximum Gasteiger partial charge on any atom is 0.254 e. The number of hydrogen-bond donors (Lipinski definition) is 1. The Kier molecular flexibility index (Phi) is 3.88. The van der Waals surface area contributed by atoms with Crippen molar-refractivity contribution in [2.75, 3.05) is 5.73 Å². The van der Waals surface area contributed by atoms with Crippen molar-refractivity contribution >= 4 is 5.95 Å². The normalized spacial score (nSPS) is 18.9. The lowest BCUT2D eigenvalue weighted by Crippen LogP contribution is -2.21. The molecule has 0 spiro atoms. The minimum absolute atomic E-state index is 0.0917. The highest BCUT2D eigenvalue weighted by Crippen LogP contribution is 2.54. The predicted octanol–water partition coefficient (Wildman–Crippen LogP) is 3.22. The van der Waals surface area contributed by atoms with Crippen molar-refractivity contribution in [3.63, 3.8) is 0 Å². The van der Waals surface area contributed by atoms with Crippen LogP contribution in [-0.4, -0.2) is 9.55 Å². The third kappa shape index (κ3) is 3.20. The molecular weight excluding hydrogens is 310 g/mol. The summed E-state index contributed by atoms with van der Waals surface area (Å²) < 4.78 is 1.38. The van der Waals surface area contributed by atoms with Gasteiger partial charge >= 0.3 is 0 Å². The van der Waals surface area contributed by atoms with E-state index in [4.69, 9.17) is 5.73 Å². The fourth-order valence-corrected chi connectivity index (χ4v) is 3.42. The van der Waals surface area contributed by atoms with E-state index in [0.717, 1.165) is 18.5 Å². The van der Waals surface area contributed by atoms with Crippen molar-refractivity contribution in [2.24, 2.45) is 7.05 Å². The molecule has 4 rings (SSSR count). The summed E-state index contributed by atoms with van der Waals surface area (Å²) in [6, 6.07) is 20.8. The highest BCUT2D eigenvalue weighted by molar-refractivity contribution is 5.38. The van der Waals surface area contributed by atoms with E-state index < -0.39 is 0 Å². The van der Waals surface area contributed by atoms with E-state index in [9.17, 15) is 4.79 Å². The number of aromatic nitrogens is 2. The first kappa shape index (κ1) is 15.6. The Hall–Kier alpha value is -2.88. The van der Waals surface area contributed by atoms with E-state index in [2.05, 4.69) is 53.5 Å². The molecule has 2 atom stereocenters. The first-order valence-corrected chi connectivity index (χ1v) is 8.58.